The summed E-state index contributed by atoms with van der Waals surface area (Å²) >= 11 is 0. The third-order valence-corrected chi connectivity index (χ3v) is 4.68. The SMILES string of the molecule is CNCC1CCN(C2CCc3ccccc32)CC1. The molecule has 1 saturated heterocycles. The lowest BCUT2D eigenvalue weighted by Gasteiger charge is -2.36. The van der Waals surface area contributed by atoms with Gasteiger partial charge >= 0.3 is 0 Å². The Kier molecular flexibility index (Phi) is 3.67. The van der Waals surface area contributed by atoms with E-state index in [1.165, 1.54) is 45.3 Å². The molecule has 0 aromatic heterocycles. The smallest absolute Gasteiger partial charge is 0.0354 e. The van der Waals surface area contributed by atoms with Crippen molar-refractivity contribution in [2.24, 2.45) is 5.92 Å². The van der Waals surface area contributed by atoms with E-state index in [0.717, 1.165) is 5.92 Å². The lowest BCUT2D eigenvalue weighted by atomic mass is 9.94. The molecule has 1 heterocycles. The fraction of sp³-hybridized carbons (Fsp3) is 0.625. The minimum atomic E-state index is 0.705. The molecule has 98 valence electrons. The highest BCUT2D eigenvalue weighted by atomic mass is 15.2. The number of benzene rings is 1. The normalized spacial score (nSPS) is 25.3. The fourth-order valence-corrected chi connectivity index (χ4v) is 3.67. The van der Waals surface area contributed by atoms with Crippen molar-refractivity contribution in [2.45, 2.75) is 31.7 Å². The Hall–Kier alpha value is -0.860. The summed E-state index contributed by atoms with van der Waals surface area (Å²) in [5.74, 6) is 0.892. The van der Waals surface area contributed by atoms with Crippen LogP contribution in [0.2, 0.25) is 0 Å². The summed E-state index contributed by atoms with van der Waals surface area (Å²) in [7, 11) is 2.07. The zero-order valence-corrected chi connectivity index (χ0v) is 11.4. The van der Waals surface area contributed by atoms with Gasteiger partial charge in [0.05, 0.1) is 0 Å². The molecule has 1 aliphatic carbocycles. The maximum atomic E-state index is 3.32. The lowest BCUT2D eigenvalue weighted by molar-refractivity contribution is 0.132. The summed E-state index contributed by atoms with van der Waals surface area (Å²) in [5, 5.41) is 3.32. The van der Waals surface area contributed by atoms with Crippen LogP contribution in [-0.2, 0) is 6.42 Å². The quantitative estimate of drug-likeness (QED) is 0.879. The number of rotatable bonds is 3. The van der Waals surface area contributed by atoms with E-state index in [1.54, 1.807) is 11.1 Å². The fourth-order valence-electron chi connectivity index (χ4n) is 3.67. The number of nitrogens with one attached hydrogen (secondary N) is 1. The van der Waals surface area contributed by atoms with E-state index < -0.39 is 0 Å². The van der Waals surface area contributed by atoms with Crippen LogP contribution in [0.3, 0.4) is 0 Å². The van der Waals surface area contributed by atoms with Crippen molar-refractivity contribution in [3.8, 4) is 0 Å². The van der Waals surface area contributed by atoms with Crippen LogP contribution >= 0.6 is 0 Å². The number of hydrogen-bond acceptors (Lipinski definition) is 2. The van der Waals surface area contributed by atoms with Crippen molar-refractivity contribution in [2.75, 3.05) is 26.7 Å². The van der Waals surface area contributed by atoms with Gasteiger partial charge in [0.25, 0.3) is 0 Å². The number of hydrogen-bond donors (Lipinski definition) is 1. The molecule has 1 aliphatic heterocycles. The van der Waals surface area contributed by atoms with Crippen molar-refractivity contribution in [3.63, 3.8) is 0 Å². The molecule has 0 radical (unpaired) electrons. The van der Waals surface area contributed by atoms with Gasteiger partial charge in [0.2, 0.25) is 0 Å². The number of likely N-dealkylation sites (tertiary alicyclic amines) is 1. The molecule has 0 spiro atoms. The first-order valence-electron chi connectivity index (χ1n) is 7.35. The Morgan fingerprint density at radius 1 is 1.17 bits per heavy atom. The zero-order chi connectivity index (χ0) is 12.4. The third kappa shape index (κ3) is 2.32. The Morgan fingerprint density at radius 3 is 2.72 bits per heavy atom. The van der Waals surface area contributed by atoms with Crippen molar-refractivity contribution < 1.29 is 0 Å². The van der Waals surface area contributed by atoms with E-state index in [0.29, 0.717) is 6.04 Å². The Labute approximate surface area is 110 Å². The maximum absolute atomic E-state index is 3.32. The zero-order valence-electron chi connectivity index (χ0n) is 11.4. The van der Waals surface area contributed by atoms with Crippen molar-refractivity contribution >= 4 is 0 Å². The Balaban J connectivity index is 1.64. The number of piperidine rings is 1. The molecule has 0 bridgehead atoms. The molecule has 18 heavy (non-hydrogen) atoms. The average Bonchev–Trinajstić information content (AvgIpc) is 2.84. The average molecular weight is 244 g/mol. The molecular formula is C16H24N2. The monoisotopic (exact) mass is 244 g/mol. The van der Waals surface area contributed by atoms with Crippen LogP contribution < -0.4 is 5.32 Å². The molecule has 2 heteroatoms. The summed E-state index contributed by atoms with van der Waals surface area (Å²) < 4.78 is 0. The first-order chi connectivity index (χ1) is 8.88. The van der Waals surface area contributed by atoms with Crippen LogP contribution in [0.5, 0.6) is 0 Å². The molecule has 1 unspecified atom stereocenters. The van der Waals surface area contributed by atoms with Crippen molar-refractivity contribution in [1.29, 1.82) is 0 Å². The van der Waals surface area contributed by atoms with Crippen LogP contribution in [0.1, 0.15) is 36.4 Å². The van der Waals surface area contributed by atoms with Gasteiger partial charge in [-0.05, 0) is 69.4 Å². The number of fused-ring (bicyclic) bond motifs is 1. The maximum Gasteiger partial charge on any atom is 0.0354 e. The Morgan fingerprint density at radius 2 is 1.94 bits per heavy atom. The lowest BCUT2D eigenvalue weighted by Crippen LogP contribution is -2.38. The van der Waals surface area contributed by atoms with Crippen LogP contribution in [0.4, 0.5) is 0 Å². The summed E-state index contributed by atoms with van der Waals surface area (Å²) in [6.07, 6.45) is 5.33. The summed E-state index contributed by atoms with van der Waals surface area (Å²) in [6.45, 7) is 3.76. The van der Waals surface area contributed by atoms with Gasteiger partial charge in [-0.25, -0.2) is 0 Å². The molecule has 0 saturated carbocycles. The predicted octanol–water partition coefficient (Wildman–Crippen LogP) is 2.61. The molecule has 2 nitrogen and oxygen atoms in total. The first-order valence-corrected chi connectivity index (χ1v) is 7.35. The second kappa shape index (κ2) is 5.41. The Bertz CT molecular complexity index is 394. The number of nitrogens with zero attached hydrogens (tertiary/aromatic N) is 1. The van der Waals surface area contributed by atoms with Gasteiger partial charge in [-0.15, -0.1) is 0 Å². The van der Waals surface area contributed by atoms with Gasteiger partial charge in [-0.1, -0.05) is 24.3 Å². The highest BCUT2D eigenvalue weighted by Crippen LogP contribution is 2.37. The van der Waals surface area contributed by atoms with E-state index in [-0.39, 0.29) is 0 Å². The molecule has 1 atom stereocenters. The van der Waals surface area contributed by atoms with E-state index in [4.69, 9.17) is 0 Å². The first kappa shape index (κ1) is 12.2. The summed E-state index contributed by atoms with van der Waals surface area (Å²) in [5.41, 5.74) is 3.18. The van der Waals surface area contributed by atoms with Gasteiger partial charge in [0.1, 0.15) is 0 Å². The van der Waals surface area contributed by atoms with Crippen molar-refractivity contribution in [3.05, 3.63) is 35.4 Å². The van der Waals surface area contributed by atoms with Gasteiger partial charge in [0, 0.05) is 6.04 Å². The standard InChI is InChI=1S/C16H24N2/c1-17-12-13-8-10-18(11-9-13)16-7-6-14-4-2-3-5-15(14)16/h2-5,13,16-17H,6-12H2,1H3. The topological polar surface area (TPSA) is 15.3 Å². The predicted molar refractivity (Wildman–Crippen MR) is 75.7 cm³/mol. The summed E-state index contributed by atoms with van der Waals surface area (Å²) in [6, 6.07) is 9.73. The van der Waals surface area contributed by atoms with E-state index in [9.17, 15) is 0 Å². The van der Waals surface area contributed by atoms with E-state index >= 15 is 0 Å². The van der Waals surface area contributed by atoms with Gasteiger partial charge in [0.15, 0.2) is 0 Å². The summed E-state index contributed by atoms with van der Waals surface area (Å²) in [4.78, 5) is 2.72. The van der Waals surface area contributed by atoms with Crippen molar-refractivity contribution in [1.82, 2.24) is 10.2 Å². The van der Waals surface area contributed by atoms with Crippen LogP contribution in [0.25, 0.3) is 0 Å². The molecule has 2 aliphatic rings. The minimum absolute atomic E-state index is 0.705. The molecule has 1 aromatic rings. The highest BCUT2D eigenvalue weighted by molar-refractivity contribution is 5.34. The van der Waals surface area contributed by atoms with Gasteiger partial charge in [-0.3, -0.25) is 4.90 Å². The van der Waals surface area contributed by atoms with Crippen LogP contribution in [0.15, 0.2) is 24.3 Å². The molecule has 1 fully saturated rings. The van der Waals surface area contributed by atoms with Gasteiger partial charge < -0.3 is 5.32 Å². The van der Waals surface area contributed by atoms with Crippen LogP contribution in [0, 0.1) is 5.92 Å². The largest absolute Gasteiger partial charge is 0.319 e. The van der Waals surface area contributed by atoms with E-state index in [1.807, 2.05) is 0 Å². The molecule has 1 N–H and O–H groups in total. The number of aryl methyl sites for hydroxylation is 1. The molecule has 3 rings (SSSR count). The van der Waals surface area contributed by atoms with Crippen LogP contribution in [-0.4, -0.2) is 31.6 Å². The minimum Gasteiger partial charge on any atom is -0.319 e. The molecule has 0 amide bonds. The second-order valence-electron chi connectivity index (χ2n) is 5.79. The third-order valence-electron chi connectivity index (χ3n) is 4.68. The van der Waals surface area contributed by atoms with E-state index in [2.05, 4.69) is 41.5 Å². The van der Waals surface area contributed by atoms with Gasteiger partial charge in [-0.2, -0.15) is 0 Å². The molecular weight excluding hydrogens is 220 g/mol. The second-order valence-corrected chi connectivity index (χ2v) is 5.79. The highest BCUT2D eigenvalue weighted by Gasteiger charge is 2.30. The molecule has 1 aromatic carbocycles.